The lowest BCUT2D eigenvalue weighted by molar-refractivity contribution is -0.138. The number of carbonyl (C=O) groups excluding carboxylic acids is 2. The number of likely N-dealkylation sites (N-methyl/N-ethyl adjacent to an activating group) is 1. The number of nitrogens with zero attached hydrogens (tertiary/aromatic N) is 1. The number of hydrogen-bond donors (Lipinski definition) is 2. The van der Waals surface area contributed by atoms with Gasteiger partial charge in [-0.15, -0.1) is 0 Å². The van der Waals surface area contributed by atoms with E-state index in [2.05, 4.69) is 31.8 Å². The molecule has 0 aliphatic heterocycles. The van der Waals surface area contributed by atoms with E-state index in [0.29, 0.717) is 21.4 Å². The Hall–Kier alpha value is -2.09. The minimum Gasteiger partial charge on any atom is -0.488 e. The van der Waals surface area contributed by atoms with E-state index in [1.165, 1.54) is 13.3 Å². The highest BCUT2D eigenvalue weighted by Crippen LogP contribution is 2.25. The van der Waals surface area contributed by atoms with Crippen molar-refractivity contribution < 1.29 is 14.3 Å². The Morgan fingerprint density at radius 1 is 1.19 bits per heavy atom. The van der Waals surface area contributed by atoms with Crippen molar-refractivity contribution in [1.82, 2.24) is 10.7 Å². The zero-order valence-corrected chi connectivity index (χ0v) is 16.7. The Labute approximate surface area is 168 Å². The molecule has 0 radical (unpaired) electrons. The molecule has 2 aromatic rings. The summed E-state index contributed by atoms with van der Waals surface area (Å²) in [6.07, 6.45) is 1.38. The van der Waals surface area contributed by atoms with Gasteiger partial charge in [0.05, 0.1) is 6.21 Å². The molecule has 26 heavy (non-hydrogen) atoms. The van der Waals surface area contributed by atoms with Gasteiger partial charge in [0.25, 0.3) is 0 Å². The van der Waals surface area contributed by atoms with Gasteiger partial charge in [0, 0.05) is 32.7 Å². The van der Waals surface area contributed by atoms with Crippen molar-refractivity contribution in [2.24, 2.45) is 5.10 Å². The number of nitrogens with one attached hydrogen (secondary N) is 2. The number of ether oxygens (including phenoxy) is 1. The van der Waals surface area contributed by atoms with Crippen molar-refractivity contribution in [3.05, 3.63) is 62.0 Å². The molecule has 0 saturated heterocycles. The molecule has 0 atom stereocenters. The highest BCUT2D eigenvalue weighted by atomic mass is 79.9. The van der Waals surface area contributed by atoms with Crippen LogP contribution in [0.25, 0.3) is 0 Å². The molecule has 2 amide bonds. The van der Waals surface area contributed by atoms with Crippen molar-refractivity contribution in [2.75, 3.05) is 7.05 Å². The van der Waals surface area contributed by atoms with Crippen LogP contribution in [0, 0.1) is 0 Å². The van der Waals surface area contributed by atoms with Crippen LogP contribution in [0.1, 0.15) is 11.1 Å². The Morgan fingerprint density at radius 2 is 1.96 bits per heavy atom. The van der Waals surface area contributed by atoms with Crippen molar-refractivity contribution in [3.8, 4) is 5.75 Å². The van der Waals surface area contributed by atoms with Gasteiger partial charge in [-0.2, -0.15) is 5.10 Å². The second-order valence-corrected chi connectivity index (χ2v) is 6.74. The zero-order chi connectivity index (χ0) is 19.1. The van der Waals surface area contributed by atoms with E-state index in [4.69, 9.17) is 27.9 Å². The molecule has 0 heterocycles. The van der Waals surface area contributed by atoms with Gasteiger partial charge in [-0.25, -0.2) is 5.43 Å². The van der Waals surface area contributed by atoms with E-state index in [9.17, 15) is 9.59 Å². The summed E-state index contributed by atoms with van der Waals surface area (Å²) in [7, 11) is 1.35. The third-order valence-electron chi connectivity index (χ3n) is 3.17. The fourth-order valence-corrected chi connectivity index (χ4v) is 2.71. The first-order valence-corrected chi connectivity index (χ1v) is 8.87. The lowest BCUT2D eigenvalue weighted by atomic mass is 10.2. The molecule has 0 spiro atoms. The predicted molar refractivity (Wildman–Crippen MR) is 105 cm³/mol. The molecule has 136 valence electrons. The van der Waals surface area contributed by atoms with Crippen LogP contribution in [-0.2, 0) is 16.2 Å². The number of halogens is 3. The lowest BCUT2D eigenvalue weighted by Gasteiger charge is -2.11. The van der Waals surface area contributed by atoms with Gasteiger partial charge in [-0.1, -0.05) is 45.2 Å². The summed E-state index contributed by atoms with van der Waals surface area (Å²) in [6, 6.07) is 10.5. The summed E-state index contributed by atoms with van der Waals surface area (Å²) in [5.74, 6) is -1.13. The molecule has 0 saturated carbocycles. The number of rotatable bonds is 5. The molecular formula is C17H14BrCl2N3O3. The first-order chi connectivity index (χ1) is 12.4. The van der Waals surface area contributed by atoms with Crippen LogP contribution in [0.15, 0.2) is 46.0 Å². The Balaban J connectivity index is 2.11. The van der Waals surface area contributed by atoms with Crippen LogP contribution in [-0.4, -0.2) is 25.1 Å². The Bertz CT molecular complexity index is 859. The molecule has 9 heteroatoms. The average molecular weight is 459 g/mol. The first-order valence-electron chi connectivity index (χ1n) is 7.32. The summed E-state index contributed by atoms with van der Waals surface area (Å²) in [6.45, 7) is 0.225. The van der Waals surface area contributed by atoms with Gasteiger partial charge in [0.2, 0.25) is 0 Å². The van der Waals surface area contributed by atoms with E-state index < -0.39 is 11.8 Å². The van der Waals surface area contributed by atoms with E-state index in [1.54, 1.807) is 36.4 Å². The quantitative estimate of drug-likeness (QED) is 0.408. The van der Waals surface area contributed by atoms with Crippen LogP contribution >= 0.6 is 39.1 Å². The summed E-state index contributed by atoms with van der Waals surface area (Å²) < 4.78 is 6.59. The Kier molecular flexibility index (Phi) is 7.44. The fourth-order valence-electron chi connectivity index (χ4n) is 1.87. The maximum atomic E-state index is 11.4. The second-order valence-electron chi connectivity index (χ2n) is 4.98. The SMILES string of the molecule is CNC(=O)C(=O)N/N=C\c1cc(Br)ccc1OCc1ccc(Cl)cc1Cl. The lowest BCUT2D eigenvalue weighted by Crippen LogP contribution is -2.35. The molecule has 2 N–H and O–H groups in total. The topological polar surface area (TPSA) is 79.8 Å². The molecule has 0 bridgehead atoms. The van der Waals surface area contributed by atoms with Crippen molar-refractivity contribution in [1.29, 1.82) is 0 Å². The fraction of sp³-hybridized carbons (Fsp3) is 0.118. The molecule has 2 aromatic carbocycles. The van der Waals surface area contributed by atoms with Gasteiger partial charge in [0.15, 0.2) is 0 Å². The molecule has 0 fully saturated rings. The van der Waals surface area contributed by atoms with Crippen molar-refractivity contribution in [2.45, 2.75) is 6.61 Å². The van der Waals surface area contributed by atoms with Gasteiger partial charge >= 0.3 is 11.8 Å². The number of hydrogen-bond acceptors (Lipinski definition) is 4. The van der Waals surface area contributed by atoms with E-state index in [1.807, 2.05) is 0 Å². The van der Waals surface area contributed by atoms with Crippen LogP contribution in [0.4, 0.5) is 0 Å². The van der Waals surface area contributed by atoms with Crippen molar-refractivity contribution in [3.63, 3.8) is 0 Å². The van der Waals surface area contributed by atoms with Crippen LogP contribution in [0.5, 0.6) is 5.75 Å². The smallest absolute Gasteiger partial charge is 0.329 e. The number of carbonyl (C=O) groups is 2. The number of amides is 2. The predicted octanol–water partition coefficient (Wildman–Crippen LogP) is 3.53. The molecule has 2 rings (SSSR count). The minimum atomic E-state index is -0.867. The monoisotopic (exact) mass is 457 g/mol. The summed E-state index contributed by atoms with van der Waals surface area (Å²) in [4.78, 5) is 22.5. The summed E-state index contributed by atoms with van der Waals surface area (Å²) >= 11 is 15.4. The van der Waals surface area contributed by atoms with Gasteiger partial charge in [-0.3, -0.25) is 9.59 Å². The maximum Gasteiger partial charge on any atom is 0.329 e. The molecule has 6 nitrogen and oxygen atoms in total. The molecule has 0 aliphatic rings. The molecule has 0 unspecified atom stereocenters. The Morgan fingerprint density at radius 3 is 2.65 bits per heavy atom. The zero-order valence-electron chi connectivity index (χ0n) is 13.6. The van der Waals surface area contributed by atoms with Crippen molar-refractivity contribution >= 4 is 57.2 Å². The van der Waals surface area contributed by atoms with E-state index in [0.717, 1.165) is 10.0 Å². The first kappa shape index (κ1) is 20.2. The third-order valence-corrected chi connectivity index (χ3v) is 4.25. The largest absolute Gasteiger partial charge is 0.488 e. The highest BCUT2D eigenvalue weighted by Gasteiger charge is 2.10. The minimum absolute atomic E-state index is 0.225. The average Bonchev–Trinajstić information content (AvgIpc) is 2.61. The van der Waals surface area contributed by atoms with Crippen LogP contribution in [0.2, 0.25) is 10.0 Å². The normalized spacial score (nSPS) is 10.6. The summed E-state index contributed by atoms with van der Waals surface area (Å²) in [5.41, 5.74) is 3.50. The van der Waals surface area contributed by atoms with E-state index in [-0.39, 0.29) is 6.61 Å². The number of hydrazone groups is 1. The highest BCUT2D eigenvalue weighted by molar-refractivity contribution is 9.10. The number of benzene rings is 2. The third kappa shape index (κ3) is 5.72. The maximum absolute atomic E-state index is 11.4. The summed E-state index contributed by atoms with van der Waals surface area (Å²) in [5, 5.41) is 7.02. The molecular weight excluding hydrogens is 445 g/mol. The van der Waals surface area contributed by atoms with Gasteiger partial charge in [0.1, 0.15) is 12.4 Å². The second kappa shape index (κ2) is 9.56. The molecule has 0 aromatic heterocycles. The van der Waals surface area contributed by atoms with E-state index >= 15 is 0 Å². The van der Waals surface area contributed by atoms with Crippen LogP contribution < -0.4 is 15.5 Å². The van der Waals surface area contributed by atoms with Crippen LogP contribution in [0.3, 0.4) is 0 Å². The standard InChI is InChI=1S/C17H14BrCl2N3O3/c1-21-16(24)17(25)23-22-8-11-6-12(18)3-5-15(11)26-9-10-2-4-13(19)7-14(10)20/h2-8H,9H2,1H3,(H,21,24)(H,23,25)/b22-8-. The van der Waals surface area contributed by atoms with Gasteiger partial charge < -0.3 is 10.1 Å². The van der Waals surface area contributed by atoms with Gasteiger partial charge in [-0.05, 0) is 30.3 Å². The molecule has 0 aliphatic carbocycles.